The Morgan fingerprint density at radius 1 is 1.30 bits per heavy atom. The number of nitrogens with zero attached hydrogens (tertiary/aromatic N) is 1. The van der Waals surface area contributed by atoms with Crippen molar-refractivity contribution in [3.05, 3.63) is 41.5 Å². The number of nitrogen functional groups attached to an aromatic ring is 1. The fourth-order valence-corrected chi connectivity index (χ4v) is 1.78. The summed E-state index contributed by atoms with van der Waals surface area (Å²) in [6, 6.07) is 5.30. The molecule has 1 heterocycles. The predicted molar refractivity (Wildman–Crippen MR) is 73.6 cm³/mol. The Morgan fingerprint density at radius 2 is 1.95 bits per heavy atom. The molecule has 0 amide bonds. The first kappa shape index (κ1) is 13.9. The van der Waals surface area contributed by atoms with E-state index in [1.54, 1.807) is 12.1 Å². The van der Waals surface area contributed by atoms with Gasteiger partial charge in [0, 0.05) is 12.1 Å². The second-order valence-corrected chi connectivity index (χ2v) is 4.14. The summed E-state index contributed by atoms with van der Waals surface area (Å²) in [4.78, 5) is 14.8. The number of rotatable bonds is 4. The predicted octanol–water partition coefficient (Wildman–Crippen LogP) is 2.85. The van der Waals surface area contributed by atoms with Crippen molar-refractivity contribution in [2.45, 2.75) is 6.92 Å². The topological polar surface area (TPSA) is 68.0 Å². The first-order valence-electron chi connectivity index (χ1n) is 6.01. The summed E-state index contributed by atoms with van der Waals surface area (Å²) in [7, 11) is 0. The van der Waals surface area contributed by atoms with Crippen LogP contribution >= 0.6 is 0 Å². The summed E-state index contributed by atoms with van der Waals surface area (Å²) in [6.45, 7) is 2.50. The van der Waals surface area contributed by atoms with Crippen molar-refractivity contribution >= 4 is 17.8 Å². The Hall–Kier alpha value is -2.50. The lowest BCUT2D eigenvalue weighted by molar-refractivity contribution is 0.111. The lowest BCUT2D eigenvalue weighted by atomic mass is 10.1. The number of anilines is 2. The molecule has 0 aliphatic heterocycles. The summed E-state index contributed by atoms with van der Waals surface area (Å²) in [6.07, 6.45) is 0.148. The van der Waals surface area contributed by atoms with Gasteiger partial charge in [-0.05, 0) is 31.2 Å². The number of aldehydes is 1. The van der Waals surface area contributed by atoms with E-state index in [9.17, 15) is 13.6 Å². The lowest BCUT2D eigenvalue weighted by Gasteiger charge is -2.09. The molecule has 1 aromatic carbocycles. The molecule has 1 aromatic heterocycles. The fourth-order valence-electron chi connectivity index (χ4n) is 1.78. The number of carbonyl (C=O) groups excluding carboxylic acids is 1. The average Bonchev–Trinajstić information content (AvgIpc) is 2.41. The Labute approximate surface area is 114 Å². The van der Waals surface area contributed by atoms with Crippen LogP contribution in [0, 0.1) is 11.6 Å². The van der Waals surface area contributed by atoms with Crippen molar-refractivity contribution in [3.63, 3.8) is 0 Å². The standard InChI is InChI=1S/C14H13F2N3O/c1-2-18-14-12(17)3-4-13(19-14)8-5-10(15)9(7-20)11(16)6-8/h3-7H,2,17H2,1H3,(H,18,19). The highest BCUT2D eigenvalue weighted by Gasteiger charge is 2.13. The van der Waals surface area contributed by atoms with Crippen LogP contribution in [-0.4, -0.2) is 17.8 Å². The molecule has 0 aliphatic rings. The van der Waals surface area contributed by atoms with Crippen LogP contribution in [0.4, 0.5) is 20.3 Å². The number of halogens is 2. The molecular formula is C14H13F2N3O. The molecule has 0 radical (unpaired) electrons. The normalized spacial score (nSPS) is 10.3. The smallest absolute Gasteiger partial charge is 0.155 e. The van der Waals surface area contributed by atoms with Gasteiger partial charge in [-0.2, -0.15) is 0 Å². The molecule has 3 N–H and O–H groups in total. The minimum atomic E-state index is -0.918. The summed E-state index contributed by atoms with van der Waals surface area (Å²) in [5.41, 5.74) is 6.20. The highest BCUT2D eigenvalue weighted by Crippen LogP contribution is 2.26. The molecular weight excluding hydrogens is 264 g/mol. The van der Waals surface area contributed by atoms with Gasteiger partial charge in [0.1, 0.15) is 17.5 Å². The van der Waals surface area contributed by atoms with Gasteiger partial charge in [0.2, 0.25) is 0 Å². The third-order valence-corrected chi connectivity index (χ3v) is 2.76. The molecule has 2 aromatic rings. The highest BCUT2D eigenvalue weighted by atomic mass is 19.1. The van der Waals surface area contributed by atoms with E-state index in [4.69, 9.17) is 5.73 Å². The molecule has 20 heavy (non-hydrogen) atoms. The summed E-state index contributed by atoms with van der Waals surface area (Å²) >= 11 is 0. The third kappa shape index (κ3) is 2.59. The number of benzene rings is 1. The molecule has 6 heteroatoms. The van der Waals surface area contributed by atoms with Crippen molar-refractivity contribution in [2.24, 2.45) is 0 Å². The van der Waals surface area contributed by atoms with E-state index < -0.39 is 17.2 Å². The molecule has 0 atom stereocenters. The molecule has 0 bridgehead atoms. The summed E-state index contributed by atoms with van der Waals surface area (Å²) in [5.74, 6) is -1.39. The molecule has 2 rings (SSSR count). The van der Waals surface area contributed by atoms with E-state index in [-0.39, 0.29) is 11.8 Å². The van der Waals surface area contributed by atoms with Crippen LogP contribution in [0.15, 0.2) is 24.3 Å². The zero-order chi connectivity index (χ0) is 14.7. The van der Waals surface area contributed by atoms with Crippen LogP contribution in [-0.2, 0) is 0 Å². The number of carbonyl (C=O) groups is 1. The quantitative estimate of drug-likeness (QED) is 0.843. The first-order valence-corrected chi connectivity index (χ1v) is 6.01. The van der Waals surface area contributed by atoms with Gasteiger partial charge in [0.25, 0.3) is 0 Å². The SMILES string of the molecule is CCNc1nc(-c2cc(F)c(C=O)c(F)c2)ccc1N. The van der Waals surface area contributed by atoms with Crippen molar-refractivity contribution in [3.8, 4) is 11.3 Å². The zero-order valence-electron chi connectivity index (χ0n) is 10.8. The number of aromatic nitrogens is 1. The Morgan fingerprint density at radius 3 is 2.50 bits per heavy atom. The second kappa shape index (κ2) is 5.64. The van der Waals surface area contributed by atoms with E-state index in [0.717, 1.165) is 12.1 Å². The number of pyridine rings is 1. The van der Waals surface area contributed by atoms with Crippen molar-refractivity contribution in [1.82, 2.24) is 4.98 Å². The van der Waals surface area contributed by atoms with Crippen LogP contribution in [0.2, 0.25) is 0 Å². The lowest BCUT2D eigenvalue weighted by Crippen LogP contribution is -2.04. The number of nitrogens with two attached hydrogens (primary N) is 1. The fraction of sp³-hybridized carbons (Fsp3) is 0.143. The molecule has 104 valence electrons. The maximum absolute atomic E-state index is 13.6. The van der Waals surface area contributed by atoms with E-state index in [1.165, 1.54) is 0 Å². The van der Waals surface area contributed by atoms with E-state index >= 15 is 0 Å². The largest absolute Gasteiger partial charge is 0.396 e. The Bertz CT molecular complexity index is 636. The number of hydrogen-bond acceptors (Lipinski definition) is 4. The van der Waals surface area contributed by atoms with Crippen LogP contribution in [0.3, 0.4) is 0 Å². The maximum Gasteiger partial charge on any atom is 0.155 e. The average molecular weight is 277 g/mol. The van der Waals surface area contributed by atoms with E-state index in [1.807, 2.05) is 6.92 Å². The minimum absolute atomic E-state index is 0.148. The van der Waals surface area contributed by atoms with Gasteiger partial charge < -0.3 is 11.1 Å². The highest BCUT2D eigenvalue weighted by molar-refractivity contribution is 5.78. The van der Waals surface area contributed by atoms with Crippen LogP contribution < -0.4 is 11.1 Å². The molecule has 0 unspecified atom stereocenters. The minimum Gasteiger partial charge on any atom is -0.396 e. The maximum atomic E-state index is 13.6. The third-order valence-electron chi connectivity index (χ3n) is 2.76. The van der Waals surface area contributed by atoms with Gasteiger partial charge in [-0.1, -0.05) is 0 Å². The molecule has 0 saturated carbocycles. The van der Waals surface area contributed by atoms with Crippen molar-refractivity contribution in [1.29, 1.82) is 0 Å². The van der Waals surface area contributed by atoms with Crippen molar-refractivity contribution in [2.75, 3.05) is 17.6 Å². The molecule has 4 nitrogen and oxygen atoms in total. The van der Waals surface area contributed by atoms with Crippen LogP contribution in [0.25, 0.3) is 11.3 Å². The summed E-state index contributed by atoms with van der Waals surface area (Å²) < 4.78 is 27.2. The number of hydrogen-bond donors (Lipinski definition) is 2. The van der Waals surface area contributed by atoms with Gasteiger partial charge in [-0.25, -0.2) is 13.8 Å². The summed E-state index contributed by atoms with van der Waals surface area (Å²) in [5, 5.41) is 2.96. The monoisotopic (exact) mass is 277 g/mol. The first-order chi connectivity index (χ1) is 9.56. The van der Waals surface area contributed by atoms with Crippen LogP contribution in [0.5, 0.6) is 0 Å². The van der Waals surface area contributed by atoms with Gasteiger partial charge in [0.05, 0.1) is 16.9 Å². The molecule has 0 saturated heterocycles. The van der Waals surface area contributed by atoms with Gasteiger partial charge >= 0.3 is 0 Å². The zero-order valence-corrected chi connectivity index (χ0v) is 10.8. The molecule has 0 aliphatic carbocycles. The van der Waals surface area contributed by atoms with E-state index in [2.05, 4.69) is 10.3 Å². The van der Waals surface area contributed by atoms with Gasteiger partial charge in [-0.15, -0.1) is 0 Å². The number of nitrogens with one attached hydrogen (secondary N) is 1. The Balaban J connectivity index is 2.51. The van der Waals surface area contributed by atoms with Crippen molar-refractivity contribution < 1.29 is 13.6 Å². The van der Waals surface area contributed by atoms with Gasteiger partial charge in [0.15, 0.2) is 6.29 Å². The van der Waals surface area contributed by atoms with E-state index in [0.29, 0.717) is 23.7 Å². The van der Waals surface area contributed by atoms with Gasteiger partial charge in [-0.3, -0.25) is 4.79 Å². The molecule has 0 fully saturated rings. The second-order valence-electron chi connectivity index (χ2n) is 4.14. The Kier molecular flexibility index (Phi) is 3.93. The molecule has 0 spiro atoms. The van der Waals surface area contributed by atoms with Crippen LogP contribution in [0.1, 0.15) is 17.3 Å².